The number of anilines is 2. The normalized spacial score (nSPS) is 17.5. The van der Waals surface area contributed by atoms with E-state index in [1.165, 1.54) is 25.9 Å². The molecule has 0 spiro atoms. The number of nitrogens with one attached hydrogen (secondary N) is 1. The Bertz CT molecular complexity index is 417. The highest BCUT2D eigenvalue weighted by Crippen LogP contribution is 2.25. The standard InChI is InChI=1S/C13H22ClN5/c1-15-13-16-8-11(14)12(17-13)19(3)9-10-4-6-18(2)7-5-10/h8,10H,4-7,9H2,1-3H3,(H,15,16,17). The van der Waals surface area contributed by atoms with E-state index in [1.54, 1.807) is 6.20 Å². The molecule has 1 aliphatic heterocycles. The quantitative estimate of drug-likeness (QED) is 0.915. The summed E-state index contributed by atoms with van der Waals surface area (Å²) in [5.74, 6) is 2.12. The fourth-order valence-corrected chi connectivity index (χ4v) is 2.70. The lowest BCUT2D eigenvalue weighted by atomic mass is 9.97. The molecule has 1 aromatic rings. The zero-order valence-corrected chi connectivity index (χ0v) is 12.6. The minimum absolute atomic E-state index is 0.606. The lowest BCUT2D eigenvalue weighted by Crippen LogP contribution is -2.36. The first kappa shape index (κ1) is 14.3. The van der Waals surface area contributed by atoms with Crippen LogP contribution in [0.1, 0.15) is 12.8 Å². The highest BCUT2D eigenvalue weighted by Gasteiger charge is 2.20. The van der Waals surface area contributed by atoms with Crippen LogP contribution in [0.4, 0.5) is 11.8 Å². The summed E-state index contributed by atoms with van der Waals surface area (Å²) in [6.45, 7) is 3.35. The molecule has 1 fully saturated rings. The predicted molar refractivity (Wildman–Crippen MR) is 80.1 cm³/mol. The van der Waals surface area contributed by atoms with Gasteiger partial charge in [-0.05, 0) is 38.9 Å². The lowest BCUT2D eigenvalue weighted by Gasteiger charge is -2.32. The minimum atomic E-state index is 0.606. The first-order valence-electron chi connectivity index (χ1n) is 6.70. The van der Waals surface area contributed by atoms with Crippen molar-refractivity contribution in [2.75, 3.05) is 51.0 Å². The van der Waals surface area contributed by atoms with Gasteiger partial charge in [-0.25, -0.2) is 4.98 Å². The van der Waals surface area contributed by atoms with E-state index in [0.29, 0.717) is 16.9 Å². The van der Waals surface area contributed by atoms with Gasteiger partial charge in [-0.2, -0.15) is 4.98 Å². The number of rotatable bonds is 4. The molecule has 0 bridgehead atoms. The van der Waals surface area contributed by atoms with E-state index in [9.17, 15) is 0 Å². The highest BCUT2D eigenvalue weighted by atomic mass is 35.5. The van der Waals surface area contributed by atoms with E-state index in [2.05, 4.69) is 32.1 Å². The fraction of sp³-hybridized carbons (Fsp3) is 0.692. The van der Waals surface area contributed by atoms with E-state index in [0.717, 1.165) is 12.4 Å². The summed E-state index contributed by atoms with van der Waals surface area (Å²) in [5, 5.41) is 3.55. The monoisotopic (exact) mass is 283 g/mol. The number of aromatic nitrogens is 2. The first-order chi connectivity index (χ1) is 9.10. The van der Waals surface area contributed by atoms with Crippen LogP contribution >= 0.6 is 11.6 Å². The van der Waals surface area contributed by atoms with Crippen molar-refractivity contribution in [2.24, 2.45) is 5.92 Å². The molecule has 6 heteroatoms. The zero-order chi connectivity index (χ0) is 13.8. The van der Waals surface area contributed by atoms with Crippen LogP contribution in [0.25, 0.3) is 0 Å². The van der Waals surface area contributed by atoms with Gasteiger partial charge >= 0.3 is 0 Å². The number of likely N-dealkylation sites (tertiary alicyclic amines) is 1. The van der Waals surface area contributed by atoms with Crippen molar-refractivity contribution in [2.45, 2.75) is 12.8 Å². The first-order valence-corrected chi connectivity index (χ1v) is 7.08. The van der Waals surface area contributed by atoms with Gasteiger partial charge in [0.1, 0.15) is 5.02 Å². The number of hydrogen-bond donors (Lipinski definition) is 1. The summed E-state index contributed by atoms with van der Waals surface area (Å²) in [6.07, 6.45) is 4.13. The molecule has 5 nitrogen and oxygen atoms in total. The summed E-state index contributed by atoms with van der Waals surface area (Å²) in [4.78, 5) is 13.1. The molecule has 1 saturated heterocycles. The van der Waals surface area contributed by atoms with Crippen LogP contribution < -0.4 is 10.2 Å². The number of hydrogen-bond acceptors (Lipinski definition) is 5. The second kappa shape index (κ2) is 6.39. The van der Waals surface area contributed by atoms with Crippen LogP contribution in [-0.4, -0.2) is 55.6 Å². The molecule has 106 valence electrons. The Morgan fingerprint density at radius 1 is 1.47 bits per heavy atom. The van der Waals surface area contributed by atoms with Crippen LogP contribution in [0.15, 0.2) is 6.20 Å². The van der Waals surface area contributed by atoms with Crippen molar-refractivity contribution in [3.05, 3.63) is 11.2 Å². The van der Waals surface area contributed by atoms with Crippen LogP contribution in [0.5, 0.6) is 0 Å². The highest BCUT2D eigenvalue weighted by molar-refractivity contribution is 6.32. The molecule has 2 rings (SSSR count). The third-order valence-electron chi connectivity index (χ3n) is 3.68. The average Bonchev–Trinajstić information content (AvgIpc) is 2.42. The average molecular weight is 284 g/mol. The Morgan fingerprint density at radius 2 is 2.16 bits per heavy atom. The van der Waals surface area contributed by atoms with Crippen molar-refractivity contribution >= 4 is 23.4 Å². The van der Waals surface area contributed by atoms with Gasteiger partial charge < -0.3 is 15.1 Å². The van der Waals surface area contributed by atoms with Crippen molar-refractivity contribution in [3.8, 4) is 0 Å². The maximum atomic E-state index is 6.19. The van der Waals surface area contributed by atoms with Gasteiger partial charge in [-0.15, -0.1) is 0 Å². The lowest BCUT2D eigenvalue weighted by molar-refractivity contribution is 0.222. The van der Waals surface area contributed by atoms with Gasteiger partial charge in [0.25, 0.3) is 0 Å². The number of nitrogens with zero attached hydrogens (tertiary/aromatic N) is 4. The summed E-state index contributed by atoms with van der Waals surface area (Å²) in [5.41, 5.74) is 0. The van der Waals surface area contributed by atoms with Crippen molar-refractivity contribution < 1.29 is 0 Å². The second-order valence-corrected chi connectivity index (χ2v) is 5.65. The molecule has 2 heterocycles. The van der Waals surface area contributed by atoms with Crippen LogP contribution in [0, 0.1) is 5.92 Å². The van der Waals surface area contributed by atoms with Gasteiger partial charge in [0.2, 0.25) is 5.95 Å². The molecule has 19 heavy (non-hydrogen) atoms. The zero-order valence-electron chi connectivity index (χ0n) is 11.9. The molecule has 1 aliphatic rings. The van der Waals surface area contributed by atoms with Crippen LogP contribution in [0.2, 0.25) is 5.02 Å². The molecule has 0 radical (unpaired) electrons. The van der Waals surface area contributed by atoms with E-state index in [-0.39, 0.29) is 0 Å². The molecular weight excluding hydrogens is 262 g/mol. The van der Waals surface area contributed by atoms with E-state index in [1.807, 2.05) is 14.1 Å². The Hall–Kier alpha value is -1.07. The molecule has 0 saturated carbocycles. The smallest absolute Gasteiger partial charge is 0.224 e. The van der Waals surface area contributed by atoms with E-state index < -0.39 is 0 Å². The Balaban J connectivity index is 2.01. The van der Waals surface area contributed by atoms with Gasteiger partial charge in [-0.3, -0.25) is 0 Å². The summed E-state index contributed by atoms with van der Waals surface area (Å²) in [7, 11) is 6.04. The summed E-state index contributed by atoms with van der Waals surface area (Å²) >= 11 is 6.19. The van der Waals surface area contributed by atoms with E-state index >= 15 is 0 Å². The van der Waals surface area contributed by atoms with Crippen molar-refractivity contribution in [1.29, 1.82) is 0 Å². The molecule has 0 atom stereocenters. The third kappa shape index (κ3) is 3.70. The second-order valence-electron chi connectivity index (χ2n) is 5.24. The number of halogens is 1. The Kier molecular flexibility index (Phi) is 4.82. The minimum Gasteiger partial charge on any atom is -0.358 e. The third-order valence-corrected chi connectivity index (χ3v) is 3.95. The maximum absolute atomic E-state index is 6.19. The molecule has 0 amide bonds. The molecular formula is C13H22ClN5. The molecule has 1 N–H and O–H groups in total. The summed E-state index contributed by atoms with van der Waals surface area (Å²) < 4.78 is 0. The Labute approximate surface area is 120 Å². The Morgan fingerprint density at radius 3 is 2.79 bits per heavy atom. The van der Waals surface area contributed by atoms with E-state index in [4.69, 9.17) is 11.6 Å². The predicted octanol–water partition coefficient (Wildman–Crippen LogP) is 1.95. The maximum Gasteiger partial charge on any atom is 0.224 e. The molecule has 0 aliphatic carbocycles. The van der Waals surface area contributed by atoms with Gasteiger partial charge in [0.05, 0.1) is 6.20 Å². The van der Waals surface area contributed by atoms with Crippen molar-refractivity contribution in [1.82, 2.24) is 14.9 Å². The molecule has 0 aromatic carbocycles. The van der Waals surface area contributed by atoms with Gasteiger partial charge in [-0.1, -0.05) is 11.6 Å². The largest absolute Gasteiger partial charge is 0.358 e. The summed E-state index contributed by atoms with van der Waals surface area (Å²) in [6, 6.07) is 0. The van der Waals surface area contributed by atoms with Gasteiger partial charge in [0, 0.05) is 20.6 Å². The van der Waals surface area contributed by atoms with Crippen molar-refractivity contribution in [3.63, 3.8) is 0 Å². The topological polar surface area (TPSA) is 44.3 Å². The molecule has 1 aromatic heterocycles. The van der Waals surface area contributed by atoms with Gasteiger partial charge in [0.15, 0.2) is 5.82 Å². The number of piperidine rings is 1. The SMILES string of the molecule is CNc1ncc(Cl)c(N(C)CC2CCN(C)CC2)n1. The molecule has 0 unspecified atom stereocenters. The fourth-order valence-electron chi connectivity index (χ4n) is 2.46. The van der Waals surface area contributed by atoms with Crippen LogP contribution in [0.3, 0.4) is 0 Å². The van der Waals surface area contributed by atoms with Crippen LogP contribution in [-0.2, 0) is 0 Å².